The van der Waals surface area contributed by atoms with Gasteiger partial charge in [0.2, 0.25) is 0 Å². The zero-order valence-corrected chi connectivity index (χ0v) is 14.0. The first-order valence-electron chi connectivity index (χ1n) is 8.14. The van der Waals surface area contributed by atoms with Crippen LogP contribution < -0.4 is 10.8 Å². The molecular weight excluding hydrogens is 328 g/mol. The molecule has 0 atom stereocenters. The van der Waals surface area contributed by atoms with Gasteiger partial charge in [0.25, 0.3) is 11.8 Å². The normalized spacial score (nSPS) is 10.2. The summed E-state index contributed by atoms with van der Waals surface area (Å²) in [5.41, 5.74) is 5.52. The van der Waals surface area contributed by atoms with Crippen molar-refractivity contribution in [3.8, 4) is 11.1 Å². The van der Waals surface area contributed by atoms with E-state index in [9.17, 15) is 9.59 Å². The molecule has 5 nitrogen and oxygen atoms in total. The molecule has 130 valence electrons. The van der Waals surface area contributed by atoms with Crippen LogP contribution in [0.5, 0.6) is 0 Å². The molecule has 0 heterocycles. The van der Waals surface area contributed by atoms with Gasteiger partial charge in [0.05, 0.1) is 0 Å². The first-order valence-corrected chi connectivity index (χ1v) is 8.14. The number of hydrogen-bond donors (Lipinski definition) is 3. The Morgan fingerprint density at radius 2 is 1.23 bits per heavy atom. The summed E-state index contributed by atoms with van der Waals surface area (Å²) < 4.78 is 0. The summed E-state index contributed by atoms with van der Waals surface area (Å²) in [4.78, 5) is 23.6. The van der Waals surface area contributed by atoms with Gasteiger partial charge in [-0.3, -0.25) is 14.8 Å². The number of rotatable bonds is 5. The lowest BCUT2D eigenvalue weighted by molar-refractivity contribution is 0.0706. The molecule has 0 radical (unpaired) electrons. The van der Waals surface area contributed by atoms with Gasteiger partial charge in [-0.25, -0.2) is 5.48 Å². The van der Waals surface area contributed by atoms with E-state index in [1.807, 2.05) is 42.5 Å². The van der Waals surface area contributed by atoms with Crippen LogP contribution in [0.1, 0.15) is 26.3 Å². The van der Waals surface area contributed by atoms with E-state index in [0.717, 1.165) is 16.7 Å². The van der Waals surface area contributed by atoms with Crippen LogP contribution >= 0.6 is 0 Å². The molecule has 0 fully saturated rings. The molecule has 0 unspecified atom stereocenters. The zero-order chi connectivity index (χ0) is 18.4. The van der Waals surface area contributed by atoms with Gasteiger partial charge in [-0.05, 0) is 41.0 Å². The van der Waals surface area contributed by atoms with Crippen molar-refractivity contribution >= 4 is 11.8 Å². The molecule has 0 saturated carbocycles. The standard InChI is InChI=1S/C21H18N2O3/c24-20(22-14-15-6-8-19(9-7-15)21(25)23-26)18-12-10-17(11-13-18)16-4-2-1-3-5-16/h1-13,26H,14H2,(H,22,24)(H,23,25). The van der Waals surface area contributed by atoms with Gasteiger partial charge in [-0.2, -0.15) is 0 Å². The Balaban J connectivity index is 1.60. The molecule has 26 heavy (non-hydrogen) atoms. The van der Waals surface area contributed by atoms with Crippen LogP contribution in [-0.2, 0) is 6.54 Å². The fourth-order valence-corrected chi connectivity index (χ4v) is 2.57. The molecule has 3 rings (SSSR count). The van der Waals surface area contributed by atoms with Crippen molar-refractivity contribution in [2.24, 2.45) is 0 Å². The van der Waals surface area contributed by atoms with Crippen molar-refractivity contribution < 1.29 is 14.8 Å². The van der Waals surface area contributed by atoms with Crippen LogP contribution in [0.2, 0.25) is 0 Å². The molecular formula is C21H18N2O3. The summed E-state index contributed by atoms with van der Waals surface area (Å²) in [5.74, 6) is -0.735. The zero-order valence-electron chi connectivity index (χ0n) is 14.0. The molecule has 3 aromatic rings. The lowest BCUT2D eigenvalue weighted by Gasteiger charge is -2.07. The van der Waals surface area contributed by atoms with Crippen molar-refractivity contribution in [3.05, 3.63) is 95.6 Å². The highest BCUT2D eigenvalue weighted by Crippen LogP contribution is 2.19. The lowest BCUT2D eigenvalue weighted by Crippen LogP contribution is -2.23. The summed E-state index contributed by atoms with van der Waals surface area (Å²) in [6.45, 7) is 0.348. The Morgan fingerprint density at radius 3 is 1.85 bits per heavy atom. The van der Waals surface area contributed by atoms with Crippen LogP contribution in [0.25, 0.3) is 11.1 Å². The second kappa shape index (κ2) is 8.09. The summed E-state index contributed by atoms with van der Waals surface area (Å²) in [7, 11) is 0. The Morgan fingerprint density at radius 1 is 0.692 bits per heavy atom. The van der Waals surface area contributed by atoms with E-state index < -0.39 is 5.91 Å². The molecule has 3 aromatic carbocycles. The van der Waals surface area contributed by atoms with Crippen LogP contribution in [0, 0.1) is 0 Å². The van der Waals surface area contributed by atoms with Gasteiger partial charge >= 0.3 is 0 Å². The fourth-order valence-electron chi connectivity index (χ4n) is 2.57. The van der Waals surface area contributed by atoms with Gasteiger partial charge in [0, 0.05) is 17.7 Å². The van der Waals surface area contributed by atoms with Crippen molar-refractivity contribution in [1.29, 1.82) is 0 Å². The summed E-state index contributed by atoms with van der Waals surface area (Å²) in [6, 6.07) is 24.0. The topological polar surface area (TPSA) is 78.4 Å². The first kappa shape index (κ1) is 17.4. The smallest absolute Gasteiger partial charge is 0.274 e. The number of carbonyl (C=O) groups is 2. The lowest BCUT2D eigenvalue weighted by atomic mass is 10.0. The Hall–Kier alpha value is -3.44. The minimum absolute atomic E-state index is 0.165. The van der Waals surface area contributed by atoms with Crippen LogP contribution in [0.3, 0.4) is 0 Å². The predicted octanol–water partition coefficient (Wildman–Crippen LogP) is 3.40. The maximum Gasteiger partial charge on any atom is 0.274 e. The van der Waals surface area contributed by atoms with Crippen molar-refractivity contribution in [3.63, 3.8) is 0 Å². The van der Waals surface area contributed by atoms with E-state index in [4.69, 9.17) is 5.21 Å². The minimum atomic E-state index is -0.570. The molecule has 5 heteroatoms. The molecule has 0 bridgehead atoms. The second-order valence-corrected chi connectivity index (χ2v) is 5.76. The monoisotopic (exact) mass is 346 g/mol. The third-order valence-electron chi connectivity index (χ3n) is 4.02. The Bertz CT molecular complexity index is 889. The van der Waals surface area contributed by atoms with Crippen LogP contribution in [-0.4, -0.2) is 17.0 Å². The van der Waals surface area contributed by atoms with Gasteiger partial charge < -0.3 is 5.32 Å². The maximum absolute atomic E-state index is 12.3. The molecule has 0 aromatic heterocycles. The highest BCUT2D eigenvalue weighted by molar-refractivity contribution is 5.95. The quantitative estimate of drug-likeness (QED) is 0.489. The first-order chi connectivity index (χ1) is 12.7. The third-order valence-corrected chi connectivity index (χ3v) is 4.02. The van der Waals surface area contributed by atoms with Crippen molar-refractivity contribution in [1.82, 2.24) is 10.8 Å². The largest absolute Gasteiger partial charge is 0.348 e. The third kappa shape index (κ3) is 4.15. The van der Waals surface area contributed by atoms with E-state index in [1.165, 1.54) is 0 Å². The minimum Gasteiger partial charge on any atom is -0.348 e. The van der Waals surface area contributed by atoms with E-state index in [-0.39, 0.29) is 5.91 Å². The van der Waals surface area contributed by atoms with Crippen LogP contribution in [0.4, 0.5) is 0 Å². The van der Waals surface area contributed by atoms with Crippen molar-refractivity contribution in [2.75, 3.05) is 0 Å². The highest BCUT2D eigenvalue weighted by Gasteiger charge is 2.07. The Kier molecular flexibility index (Phi) is 5.41. The summed E-state index contributed by atoms with van der Waals surface area (Å²) in [5, 5.41) is 11.4. The van der Waals surface area contributed by atoms with E-state index in [2.05, 4.69) is 5.32 Å². The molecule has 0 saturated heterocycles. The van der Waals surface area contributed by atoms with Gasteiger partial charge in [-0.15, -0.1) is 0 Å². The van der Waals surface area contributed by atoms with Gasteiger partial charge in [0.15, 0.2) is 0 Å². The highest BCUT2D eigenvalue weighted by atomic mass is 16.5. The molecule has 3 N–H and O–H groups in total. The number of carbonyl (C=O) groups excluding carboxylic acids is 2. The van der Waals surface area contributed by atoms with Gasteiger partial charge in [-0.1, -0.05) is 54.6 Å². The maximum atomic E-state index is 12.3. The average molecular weight is 346 g/mol. The van der Waals surface area contributed by atoms with Crippen LogP contribution in [0.15, 0.2) is 78.9 Å². The predicted molar refractivity (Wildman–Crippen MR) is 98.7 cm³/mol. The van der Waals surface area contributed by atoms with Crippen molar-refractivity contribution in [2.45, 2.75) is 6.54 Å². The molecule has 0 aliphatic heterocycles. The number of hydrogen-bond acceptors (Lipinski definition) is 3. The van der Waals surface area contributed by atoms with Gasteiger partial charge in [0.1, 0.15) is 0 Å². The second-order valence-electron chi connectivity index (χ2n) is 5.76. The summed E-state index contributed by atoms with van der Waals surface area (Å²) >= 11 is 0. The molecule has 2 amide bonds. The summed E-state index contributed by atoms with van der Waals surface area (Å²) in [6.07, 6.45) is 0. The molecule has 0 aliphatic rings. The van der Waals surface area contributed by atoms with E-state index >= 15 is 0 Å². The number of benzene rings is 3. The SMILES string of the molecule is O=C(NO)c1ccc(CNC(=O)c2ccc(-c3ccccc3)cc2)cc1. The number of amides is 2. The van der Waals surface area contributed by atoms with E-state index in [1.54, 1.807) is 41.9 Å². The average Bonchev–Trinajstić information content (AvgIpc) is 2.72. The Labute approximate surface area is 151 Å². The number of nitrogens with one attached hydrogen (secondary N) is 2. The fraction of sp³-hybridized carbons (Fsp3) is 0.0476. The number of hydroxylamine groups is 1. The molecule has 0 aliphatic carbocycles. The molecule has 0 spiro atoms. The van der Waals surface area contributed by atoms with E-state index in [0.29, 0.717) is 17.7 Å².